The molecular formula is C13H24FNO. The smallest absolute Gasteiger partial charge is 0.0935 e. The molecule has 0 aromatic heterocycles. The quantitative estimate of drug-likeness (QED) is 0.694. The van der Waals surface area contributed by atoms with Crippen LogP contribution in [-0.4, -0.2) is 43.9 Å². The number of ether oxygens (including phenoxy) is 1. The molecule has 1 saturated heterocycles. The Bertz CT molecular complexity index is 228. The summed E-state index contributed by atoms with van der Waals surface area (Å²) in [5, 5.41) is 0. The molecule has 0 bridgehead atoms. The summed E-state index contributed by atoms with van der Waals surface area (Å²) in [4.78, 5) is 2.43. The molecule has 2 nitrogen and oxygen atoms in total. The fraction of sp³-hybridized carbons (Fsp3) is 1.00. The van der Waals surface area contributed by atoms with Crippen LogP contribution in [0.4, 0.5) is 4.39 Å². The van der Waals surface area contributed by atoms with Gasteiger partial charge in [-0.3, -0.25) is 4.39 Å². The minimum absolute atomic E-state index is 0.147. The third kappa shape index (κ3) is 3.17. The lowest BCUT2D eigenvalue weighted by Crippen LogP contribution is -2.32. The Hall–Kier alpha value is -0.150. The van der Waals surface area contributed by atoms with E-state index in [1.807, 2.05) is 0 Å². The van der Waals surface area contributed by atoms with Crippen LogP contribution in [0.1, 0.15) is 33.1 Å². The predicted molar refractivity (Wildman–Crippen MR) is 63.3 cm³/mol. The molecule has 0 aromatic carbocycles. The Morgan fingerprint density at radius 1 is 1.44 bits per heavy atom. The van der Waals surface area contributed by atoms with Gasteiger partial charge in [-0.05, 0) is 39.7 Å². The Morgan fingerprint density at radius 2 is 2.19 bits per heavy atom. The summed E-state index contributed by atoms with van der Waals surface area (Å²) in [6, 6.07) is 0. The van der Waals surface area contributed by atoms with E-state index in [1.165, 1.54) is 12.8 Å². The summed E-state index contributed by atoms with van der Waals surface area (Å²) >= 11 is 0. The third-order valence-electron chi connectivity index (χ3n) is 3.83. The lowest BCUT2D eigenvalue weighted by atomic mass is 10.1. The van der Waals surface area contributed by atoms with Crippen LogP contribution in [-0.2, 0) is 4.74 Å². The molecule has 1 aliphatic heterocycles. The Morgan fingerprint density at radius 3 is 2.69 bits per heavy atom. The first-order chi connectivity index (χ1) is 7.63. The van der Waals surface area contributed by atoms with E-state index in [0.717, 1.165) is 32.7 Å². The highest BCUT2D eigenvalue weighted by atomic mass is 19.1. The van der Waals surface area contributed by atoms with Gasteiger partial charge in [0.25, 0.3) is 0 Å². The van der Waals surface area contributed by atoms with Crippen molar-refractivity contribution >= 4 is 0 Å². The van der Waals surface area contributed by atoms with Crippen LogP contribution in [0.5, 0.6) is 0 Å². The minimum atomic E-state index is -0.147. The second-order valence-corrected chi connectivity index (χ2v) is 5.90. The molecule has 3 heteroatoms. The summed E-state index contributed by atoms with van der Waals surface area (Å²) < 4.78 is 18.3. The van der Waals surface area contributed by atoms with Gasteiger partial charge in [0.15, 0.2) is 0 Å². The van der Waals surface area contributed by atoms with E-state index >= 15 is 0 Å². The van der Waals surface area contributed by atoms with Crippen LogP contribution < -0.4 is 0 Å². The maximum Gasteiger partial charge on any atom is 0.0935 e. The van der Waals surface area contributed by atoms with Crippen molar-refractivity contribution in [2.45, 2.75) is 39.2 Å². The van der Waals surface area contributed by atoms with E-state index in [9.17, 15) is 4.39 Å². The van der Waals surface area contributed by atoms with Crippen LogP contribution >= 0.6 is 0 Å². The molecule has 1 unspecified atom stereocenters. The van der Waals surface area contributed by atoms with Crippen molar-refractivity contribution < 1.29 is 9.13 Å². The molecule has 1 saturated carbocycles. The number of hydrogen-bond acceptors (Lipinski definition) is 2. The first-order valence-corrected chi connectivity index (χ1v) is 6.53. The molecule has 0 radical (unpaired) electrons. The zero-order chi connectivity index (χ0) is 11.6. The topological polar surface area (TPSA) is 12.5 Å². The number of alkyl halides is 1. The summed E-state index contributed by atoms with van der Waals surface area (Å²) in [6.45, 7) is 8.08. The highest BCUT2D eigenvalue weighted by Crippen LogP contribution is 2.47. The van der Waals surface area contributed by atoms with Crippen LogP contribution in [0.2, 0.25) is 0 Å². The third-order valence-corrected chi connectivity index (χ3v) is 3.83. The average molecular weight is 229 g/mol. The van der Waals surface area contributed by atoms with E-state index in [1.54, 1.807) is 0 Å². The normalized spacial score (nSPS) is 28.9. The zero-order valence-corrected chi connectivity index (χ0v) is 10.5. The van der Waals surface area contributed by atoms with E-state index in [4.69, 9.17) is 4.74 Å². The van der Waals surface area contributed by atoms with Gasteiger partial charge in [0.1, 0.15) is 0 Å². The van der Waals surface area contributed by atoms with Crippen LogP contribution in [0.25, 0.3) is 0 Å². The van der Waals surface area contributed by atoms with Gasteiger partial charge < -0.3 is 9.64 Å². The van der Waals surface area contributed by atoms with Gasteiger partial charge in [-0.25, -0.2) is 0 Å². The summed E-state index contributed by atoms with van der Waals surface area (Å²) in [7, 11) is 0. The maximum absolute atomic E-state index is 12.5. The molecule has 2 fully saturated rings. The molecule has 0 amide bonds. The van der Waals surface area contributed by atoms with Gasteiger partial charge >= 0.3 is 0 Å². The van der Waals surface area contributed by atoms with Crippen molar-refractivity contribution in [1.82, 2.24) is 4.90 Å². The standard InChI is InChI=1S/C13H24FNO/c1-11(2)16-10-13(4-5-13)9-15-6-3-12(7-14)8-15/h11-12H,3-10H2,1-2H3. The van der Waals surface area contributed by atoms with Gasteiger partial charge in [0.2, 0.25) is 0 Å². The van der Waals surface area contributed by atoms with Gasteiger partial charge in [0, 0.05) is 24.4 Å². The largest absolute Gasteiger partial charge is 0.378 e. The SMILES string of the molecule is CC(C)OCC1(CN2CCC(CF)C2)CC1. The van der Waals surface area contributed by atoms with Crippen molar-refractivity contribution in [3.63, 3.8) is 0 Å². The van der Waals surface area contributed by atoms with E-state index in [-0.39, 0.29) is 6.67 Å². The van der Waals surface area contributed by atoms with E-state index < -0.39 is 0 Å². The average Bonchev–Trinajstić information content (AvgIpc) is 2.86. The van der Waals surface area contributed by atoms with Crippen LogP contribution in [0.3, 0.4) is 0 Å². The monoisotopic (exact) mass is 229 g/mol. The Kier molecular flexibility index (Phi) is 3.85. The van der Waals surface area contributed by atoms with E-state index in [0.29, 0.717) is 17.4 Å². The zero-order valence-electron chi connectivity index (χ0n) is 10.5. The second kappa shape index (κ2) is 5.01. The molecular weight excluding hydrogens is 205 g/mol. The summed E-state index contributed by atoms with van der Waals surface area (Å²) in [6.07, 6.45) is 3.94. The lowest BCUT2D eigenvalue weighted by molar-refractivity contribution is 0.0330. The Labute approximate surface area is 98.1 Å². The maximum atomic E-state index is 12.5. The highest BCUT2D eigenvalue weighted by molar-refractivity contribution is 4.96. The molecule has 1 atom stereocenters. The summed E-state index contributed by atoms with van der Waals surface area (Å²) in [5.41, 5.74) is 0.412. The molecule has 2 rings (SSSR count). The second-order valence-electron chi connectivity index (χ2n) is 5.90. The number of hydrogen-bond donors (Lipinski definition) is 0. The minimum Gasteiger partial charge on any atom is -0.378 e. The Balaban J connectivity index is 1.72. The number of halogens is 1. The number of likely N-dealkylation sites (tertiary alicyclic amines) is 1. The molecule has 1 heterocycles. The van der Waals surface area contributed by atoms with Crippen molar-refractivity contribution in [3.8, 4) is 0 Å². The lowest BCUT2D eigenvalue weighted by Gasteiger charge is -2.24. The van der Waals surface area contributed by atoms with E-state index in [2.05, 4.69) is 18.7 Å². The van der Waals surface area contributed by atoms with Crippen LogP contribution in [0, 0.1) is 11.3 Å². The van der Waals surface area contributed by atoms with Crippen molar-refractivity contribution in [2.24, 2.45) is 11.3 Å². The van der Waals surface area contributed by atoms with Crippen molar-refractivity contribution in [3.05, 3.63) is 0 Å². The molecule has 1 aliphatic carbocycles. The fourth-order valence-electron chi connectivity index (χ4n) is 2.53. The summed E-state index contributed by atoms with van der Waals surface area (Å²) in [5.74, 6) is 0.293. The molecule has 0 aromatic rings. The fourth-order valence-corrected chi connectivity index (χ4v) is 2.53. The first-order valence-electron chi connectivity index (χ1n) is 6.53. The van der Waals surface area contributed by atoms with Crippen LogP contribution in [0.15, 0.2) is 0 Å². The van der Waals surface area contributed by atoms with Gasteiger partial charge in [0.05, 0.1) is 19.4 Å². The van der Waals surface area contributed by atoms with Crippen molar-refractivity contribution in [2.75, 3.05) is 32.9 Å². The van der Waals surface area contributed by atoms with Gasteiger partial charge in [-0.1, -0.05) is 0 Å². The van der Waals surface area contributed by atoms with Gasteiger partial charge in [-0.15, -0.1) is 0 Å². The highest BCUT2D eigenvalue weighted by Gasteiger charge is 2.45. The first kappa shape index (κ1) is 12.3. The molecule has 16 heavy (non-hydrogen) atoms. The molecule has 0 N–H and O–H groups in total. The number of rotatable bonds is 6. The van der Waals surface area contributed by atoms with Gasteiger partial charge in [-0.2, -0.15) is 0 Å². The molecule has 0 spiro atoms. The van der Waals surface area contributed by atoms with Crippen molar-refractivity contribution in [1.29, 1.82) is 0 Å². The predicted octanol–water partition coefficient (Wildman–Crippen LogP) is 2.48. The molecule has 94 valence electrons. The molecule has 2 aliphatic rings. The number of nitrogens with zero attached hydrogens (tertiary/aromatic N) is 1.